The summed E-state index contributed by atoms with van der Waals surface area (Å²) in [6.07, 6.45) is 5.40. The minimum Gasteiger partial charge on any atom is -0.390 e. The van der Waals surface area contributed by atoms with Crippen LogP contribution in [0.5, 0.6) is 0 Å². The van der Waals surface area contributed by atoms with Crippen molar-refractivity contribution in [2.45, 2.75) is 121 Å². The van der Waals surface area contributed by atoms with Crippen LogP contribution in [0.25, 0.3) is 0 Å². The smallest absolute Gasteiger partial charge is 0.239 e. The summed E-state index contributed by atoms with van der Waals surface area (Å²) in [5.74, 6) is 0.0364. The molecule has 31 heavy (non-hydrogen) atoms. The maximum Gasteiger partial charge on any atom is 0.239 e. The fraction of sp³-hybridized carbons (Fsp3) is 0.958. The molecule has 0 radical (unpaired) electrons. The summed E-state index contributed by atoms with van der Waals surface area (Å²) >= 11 is 0. The molecule has 7 nitrogen and oxygen atoms in total. The van der Waals surface area contributed by atoms with Crippen molar-refractivity contribution in [3.8, 4) is 0 Å². The number of piperidine rings is 1. The monoisotopic (exact) mass is 438 g/mol. The van der Waals surface area contributed by atoms with Gasteiger partial charge in [0.25, 0.3) is 0 Å². The van der Waals surface area contributed by atoms with Gasteiger partial charge in [0.15, 0.2) is 0 Å². The van der Waals surface area contributed by atoms with Crippen molar-refractivity contribution < 1.29 is 24.1 Å². The van der Waals surface area contributed by atoms with Gasteiger partial charge in [-0.15, -0.1) is 0 Å². The Morgan fingerprint density at radius 3 is 2.29 bits per heavy atom. The Morgan fingerprint density at radius 2 is 1.65 bits per heavy atom. The summed E-state index contributed by atoms with van der Waals surface area (Å²) in [5, 5.41) is 10.6. The first-order valence-corrected chi connectivity index (χ1v) is 12.1. The number of carbonyl (C=O) groups is 1. The number of aliphatic hydroxyl groups is 1. The minimum absolute atomic E-state index is 0.0195. The minimum atomic E-state index is -0.580. The molecule has 0 bridgehead atoms. The molecule has 4 rings (SSSR count). The summed E-state index contributed by atoms with van der Waals surface area (Å²) < 4.78 is 20.0. The second-order valence-corrected chi connectivity index (χ2v) is 11.6. The number of hydrogen-bond donors (Lipinski definition) is 2. The number of nitrogens with zero attached hydrogens (tertiary/aromatic N) is 1. The van der Waals surface area contributed by atoms with Crippen molar-refractivity contribution in [3.63, 3.8) is 0 Å². The summed E-state index contributed by atoms with van der Waals surface area (Å²) in [5.41, 5.74) is 4.51. The molecule has 4 aliphatic heterocycles. The van der Waals surface area contributed by atoms with E-state index in [2.05, 4.69) is 13.8 Å². The molecule has 0 unspecified atom stereocenters. The lowest BCUT2D eigenvalue weighted by Gasteiger charge is -2.53. The maximum atomic E-state index is 12.3. The molecule has 178 valence electrons. The van der Waals surface area contributed by atoms with Crippen LogP contribution in [0.4, 0.5) is 0 Å². The van der Waals surface area contributed by atoms with Crippen LogP contribution < -0.4 is 5.73 Å². The van der Waals surface area contributed by atoms with Crippen LogP contribution in [0.3, 0.4) is 0 Å². The molecule has 6 atom stereocenters. The van der Waals surface area contributed by atoms with E-state index in [1.807, 2.05) is 18.7 Å². The summed E-state index contributed by atoms with van der Waals surface area (Å²) in [4.78, 5) is 14.2. The van der Waals surface area contributed by atoms with Crippen LogP contribution in [0, 0.1) is 5.41 Å². The van der Waals surface area contributed by atoms with E-state index in [1.165, 1.54) is 0 Å². The van der Waals surface area contributed by atoms with Crippen molar-refractivity contribution >= 4 is 5.91 Å². The van der Waals surface area contributed by atoms with Gasteiger partial charge in [-0.25, -0.2) is 0 Å². The Kier molecular flexibility index (Phi) is 6.00. The van der Waals surface area contributed by atoms with Gasteiger partial charge in [-0.3, -0.25) is 4.79 Å². The van der Waals surface area contributed by atoms with Crippen LogP contribution in [0.15, 0.2) is 0 Å². The van der Waals surface area contributed by atoms with Crippen LogP contribution in [-0.2, 0) is 19.0 Å². The molecule has 0 aromatic heterocycles. The lowest BCUT2D eigenvalue weighted by Crippen LogP contribution is -2.58. The number of rotatable bonds is 1. The zero-order valence-electron chi connectivity index (χ0n) is 20.0. The second-order valence-electron chi connectivity index (χ2n) is 11.6. The Labute approximate surface area is 187 Å². The van der Waals surface area contributed by atoms with Gasteiger partial charge >= 0.3 is 0 Å². The number of amides is 1. The molecule has 4 aliphatic rings. The molecule has 0 aliphatic carbocycles. The molecule has 4 heterocycles. The molecular weight excluding hydrogens is 396 g/mol. The third-order valence-corrected chi connectivity index (χ3v) is 8.69. The predicted molar refractivity (Wildman–Crippen MR) is 118 cm³/mol. The van der Waals surface area contributed by atoms with Crippen molar-refractivity contribution in [1.82, 2.24) is 4.90 Å². The molecule has 7 heteroatoms. The lowest BCUT2D eigenvalue weighted by atomic mass is 9.69. The molecule has 0 saturated carbocycles. The highest BCUT2D eigenvalue weighted by molar-refractivity contribution is 5.81. The highest BCUT2D eigenvalue weighted by atomic mass is 16.6. The second kappa shape index (κ2) is 7.94. The summed E-state index contributed by atoms with van der Waals surface area (Å²) in [6.45, 7) is 12.2. The third kappa shape index (κ3) is 4.29. The van der Waals surface area contributed by atoms with Gasteiger partial charge < -0.3 is 30.0 Å². The first-order valence-electron chi connectivity index (χ1n) is 12.1. The predicted octanol–water partition coefficient (Wildman–Crippen LogP) is 2.38. The normalized spacial score (nSPS) is 43.3. The van der Waals surface area contributed by atoms with Crippen molar-refractivity contribution in [3.05, 3.63) is 0 Å². The first-order chi connectivity index (χ1) is 14.4. The fourth-order valence-electron chi connectivity index (χ4n) is 6.06. The third-order valence-electron chi connectivity index (χ3n) is 8.69. The van der Waals surface area contributed by atoms with Gasteiger partial charge in [0, 0.05) is 13.1 Å². The number of nitrogens with two attached hydrogens (primary N) is 1. The van der Waals surface area contributed by atoms with Gasteiger partial charge in [0.2, 0.25) is 5.91 Å². The standard InChI is InChI=1S/C24H42N2O5/c1-16(25)20(28)26-12-10-24(11-13-26)14-19-22(4,29-15-24)9-7-18-23(5,31-19)8-6-17(27)21(2,3)30-18/h16-19,27H,6-15,25H2,1-5H3/t16-,17-,18-,19-,22+,23+/m1/s1. The van der Waals surface area contributed by atoms with Crippen LogP contribution in [-0.4, -0.2) is 76.8 Å². The fourth-order valence-corrected chi connectivity index (χ4v) is 6.06. The Balaban J connectivity index is 1.50. The van der Waals surface area contributed by atoms with E-state index in [4.69, 9.17) is 19.9 Å². The van der Waals surface area contributed by atoms with E-state index in [-0.39, 0.29) is 29.1 Å². The Morgan fingerprint density at radius 1 is 1.00 bits per heavy atom. The molecule has 0 aromatic rings. The van der Waals surface area contributed by atoms with Crippen molar-refractivity contribution in [1.29, 1.82) is 0 Å². The van der Waals surface area contributed by atoms with Crippen LogP contribution in [0.2, 0.25) is 0 Å². The van der Waals surface area contributed by atoms with Gasteiger partial charge in [0.1, 0.15) is 0 Å². The average Bonchev–Trinajstić information content (AvgIpc) is 2.86. The number of hydrogen-bond acceptors (Lipinski definition) is 6. The average molecular weight is 439 g/mol. The van der Waals surface area contributed by atoms with Gasteiger partial charge in [0.05, 0.1) is 47.8 Å². The molecule has 1 amide bonds. The number of fused-ring (bicyclic) bond motifs is 2. The Hall–Kier alpha value is -0.730. The van der Waals surface area contributed by atoms with Gasteiger partial charge in [-0.1, -0.05) is 0 Å². The van der Waals surface area contributed by atoms with Crippen molar-refractivity contribution in [2.24, 2.45) is 11.1 Å². The topological polar surface area (TPSA) is 94.3 Å². The quantitative estimate of drug-likeness (QED) is 0.653. The number of aliphatic hydroxyl groups excluding tert-OH is 1. The number of carbonyl (C=O) groups excluding carboxylic acids is 1. The molecular formula is C24H42N2O5. The zero-order valence-corrected chi connectivity index (χ0v) is 20.0. The van der Waals surface area contributed by atoms with Gasteiger partial charge in [-0.2, -0.15) is 0 Å². The number of ether oxygens (including phenoxy) is 3. The highest BCUT2D eigenvalue weighted by Crippen LogP contribution is 2.51. The van der Waals surface area contributed by atoms with Crippen LogP contribution in [0.1, 0.15) is 79.6 Å². The van der Waals surface area contributed by atoms with Crippen molar-refractivity contribution in [2.75, 3.05) is 19.7 Å². The van der Waals surface area contributed by atoms with E-state index < -0.39 is 23.3 Å². The lowest BCUT2D eigenvalue weighted by molar-refractivity contribution is -0.250. The van der Waals surface area contributed by atoms with Gasteiger partial charge in [-0.05, 0) is 85.0 Å². The SMILES string of the molecule is C[C@@H](N)C(=O)N1CCC2(CC1)CO[C@@]1(C)CC[C@H]3OC(C)(C)[C@H](O)CC[C@]3(C)O[C@@H]1C2. The van der Waals surface area contributed by atoms with E-state index in [9.17, 15) is 9.90 Å². The first kappa shape index (κ1) is 23.4. The molecule has 0 aromatic carbocycles. The number of likely N-dealkylation sites (tertiary alicyclic amines) is 1. The molecule has 1 spiro atoms. The molecule has 3 N–H and O–H groups in total. The largest absolute Gasteiger partial charge is 0.390 e. The highest BCUT2D eigenvalue weighted by Gasteiger charge is 2.56. The van der Waals surface area contributed by atoms with E-state index >= 15 is 0 Å². The summed E-state index contributed by atoms with van der Waals surface area (Å²) in [6, 6.07) is -0.447. The zero-order chi connectivity index (χ0) is 22.7. The Bertz CT molecular complexity index is 689. The van der Waals surface area contributed by atoms with E-state index in [0.717, 1.165) is 58.2 Å². The molecule has 4 fully saturated rings. The molecule has 4 saturated heterocycles. The maximum absolute atomic E-state index is 12.3. The summed E-state index contributed by atoms with van der Waals surface area (Å²) in [7, 11) is 0. The van der Waals surface area contributed by atoms with Crippen LogP contribution >= 0.6 is 0 Å². The van der Waals surface area contributed by atoms with E-state index in [0.29, 0.717) is 6.42 Å². The van der Waals surface area contributed by atoms with E-state index in [1.54, 1.807) is 6.92 Å².